The minimum Gasteiger partial charge on any atom is -0.483 e. The fourth-order valence-electron chi connectivity index (χ4n) is 2.47. The number of nitrogens with one attached hydrogen (secondary N) is 1. The number of hydrazone groups is 1. The largest absolute Gasteiger partial charge is 0.483 e. The second kappa shape index (κ2) is 9.56. The molecular formula is C22H26N2O2. The SMILES string of the molecule is CC(/C=N/NC(=O)COc1cc(C)ccc1C(C)C)=C\c1ccccc1. The normalized spacial score (nSPS) is 11.8. The van der Waals surface area contributed by atoms with E-state index in [9.17, 15) is 4.79 Å². The number of nitrogens with zero attached hydrogens (tertiary/aromatic N) is 1. The highest BCUT2D eigenvalue weighted by atomic mass is 16.5. The number of ether oxygens (including phenoxy) is 1. The topological polar surface area (TPSA) is 50.7 Å². The van der Waals surface area contributed by atoms with Crippen LogP contribution in [0.5, 0.6) is 5.75 Å². The Morgan fingerprint density at radius 1 is 1.19 bits per heavy atom. The predicted octanol–water partition coefficient (Wildman–Crippen LogP) is 4.70. The third-order valence-electron chi connectivity index (χ3n) is 3.80. The van der Waals surface area contributed by atoms with Crippen molar-refractivity contribution in [2.75, 3.05) is 6.61 Å². The third kappa shape index (κ3) is 6.20. The average Bonchev–Trinajstić information content (AvgIpc) is 2.60. The minimum absolute atomic E-state index is 0.0675. The van der Waals surface area contributed by atoms with Gasteiger partial charge in [-0.15, -0.1) is 0 Å². The van der Waals surface area contributed by atoms with Crippen molar-refractivity contribution < 1.29 is 9.53 Å². The maximum Gasteiger partial charge on any atom is 0.277 e. The summed E-state index contributed by atoms with van der Waals surface area (Å²) in [6.45, 7) is 8.07. The zero-order valence-electron chi connectivity index (χ0n) is 15.8. The van der Waals surface area contributed by atoms with Crippen LogP contribution in [-0.2, 0) is 4.79 Å². The highest BCUT2D eigenvalue weighted by Gasteiger charge is 2.09. The van der Waals surface area contributed by atoms with Gasteiger partial charge in [-0.1, -0.05) is 62.4 Å². The van der Waals surface area contributed by atoms with Crippen LogP contribution in [0.1, 0.15) is 43.4 Å². The van der Waals surface area contributed by atoms with Crippen LogP contribution in [-0.4, -0.2) is 18.7 Å². The van der Waals surface area contributed by atoms with Gasteiger partial charge in [0.05, 0.1) is 6.21 Å². The van der Waals surface area contributed by atoms with E-state index in [1.807, 2.05) is 62.4 Å². The van der Waals surface area contributed by atoms with E-state index in [-0.39, 0.29) is 12.5 Å². The van der Waals surface area contributed by atoms with E-state index in [0.717, 1.165) is 28.0 Å². The number of benzene rings is 2. The van der Waals surface area contributed by atoms with Crippen LogP contribution in [0, 0.1) is 6.92 Å². The van der Waals surface area contributed by atoms with Crippen molar-refractivity contribution in [3.05, 3.63) is 70.8 Å². The number of allylic oxidation sites excluding steroid dienone is 1. The molecule has 1 amide bonds. The molecule has 0 aromatic heterocycles. The van der Waals surface area contributed by atoms with Crippen molar-refractivity contribution in [1.82, 2.24) is 5.43 Å². The Hall–Kier alpha value is -2.88. The summed E-state index contributed by atoms with van der Waals surface area (Å²) in [4.78, 5) is 12.0. The molecule has 136 valence electrons. The van der Waals surface area contributed by atoms with Gasteiger partial charge >= 0.3 is 0 Å². The predicted molar refractivity (Wildman–Crippen MR) is 107 cm³/mol. The zero-order valence-corrected chi connectivity index (χ0v) is 15.8. The molecule has 4 heteroatoms. The van der Waals surface area contributed by atoms with Gasteiger partial charge in [0.15, 0.2) is 6.61 Å². The lowest BCUT2D eigenvalue weighted by atomic mass is 10.0. The fraction of sp³-hybridized carbons (Fsp3) is 0.273. The van der Waals surface area contributed by atoms with Crippen LogP contribution in [0.15, 0.2) is 59.2 Å². The quantitative estimate of drug-likeness (QED) is 0.581. The summed E-state index contributed by atoms with van der Waals surface area (Å²) in [5.41, 5.74) is 6.72. The monoisotopic (exact) mass is 350 g/mol. The number of carbonyl (C=O) groups excluding carboxylic acids is 1. The summed E-state index contributed by atoms with van der Waals surface area (Å²) in [6.07, 6.45) is 3.62. The van der Waals surface area contributed by atoms with Crippen molar-refractivity contribution in [3.63, 3.8) is 0 Å². The van der Waals surface area contributed by atoms with Crippen LogP contribution in [0.25, 0.3) is 6.08 Å². The first kappa shape index (κ1) is 19.4. The summed E-state index contributed by atoms with van der Waals surface area (Å²) < 4.78 is 5.69. The Morgan fingerprint density at radius 2 is 1.92 bits per heavy atom. The summed E-state index contributed by atoms with van der Waals surface area (Å²) in [7, 11) is 0. The molecule has 2 aromatic rings. The summed E-state index contributed by atoms with van der Waals surface area (Å²) in [5.74, 6) is 0.793. The van der Waals surface area contributed by atoms with Gasteiger partial charge in [0.1, 0.15) is 5.75 Å². The maximum absolute atomic E-state index is 12.0. The molecule has 0 spiro atoms. The van der Waals surface area contributed by atoms with Gasteiger partial charge in [0.25, 0.3) is 5.91 Å². The molecule has 0 aliphatic carbocycles. The molecule has 0 fully saturated rings. The number of rotatable bonds is 7. The first-order valence-corrected chi connectivity index (χ1v) is 8.74. The molecule has 26 heavy (non-hydrogen) atoms. The highest BCUT2D eigenvalue weighted by molar-refractivity contribution is 5.86. The first-order chi connectivity index (χ1) is 12.5. The van der Waals surface area contributed by atoms with E-state index in [1.54, 1.807) is 6.21 Å². The van der Waals surface area contributed by atoms with Crippen molar-refractivity contribution in [2.45, 2.75) is 33.6 Å². The molecule has 0 heterocycles. The first-order valence-electron chi connectivity index (χ1n) is 8.74. The Morgan fingerprint density at radius 3 is 2.62 bits per heavy atom. The van der Waals surface area contributed by atoms with E-state index in [4.69, 9.17) is 4.74 Å². The Kier molecular flexibility index (Phi) is 7.15. The lowest BCUT2D eigenvalue weighted by Crippen LogP contribution is -2.25. The van der Waals surface area contributed by atoms with Crippen molar-refractivity contribution in [2.24, 2.45) is 5.10 Å². The molecule has 0 aliphatic heterocycles. The zero-order chi connectivity index (χ0) is 18.9. The van der Waals surface area contributed by atoms with E-state index in [0.29, 0.717) is 5.92 Å². The van der Waals surface area contributed by atoms with E-state index in [1.165, 1.54) is 0 Å². The van der Waals surface area contributed by atoms with Gasteiger partial charge < -0.3 is 4.74 Å². The van der Waals surface area contributed by atoms with Gasteiger partial charge in [0, 0.05) is 0 Å². The second-order valence-corrected chi connectivity index (χ2v) is 6.58. The summed E-state index contributed by atoms with van der Waals surface area (Å²) in [5, 5.41) is 3.98. The number of amides is 1. The number of carbonyl (C=O) groups is 1. The Balaban J connectivity index is 1.88. The molecule has 1 N–H and O–H groups in total. The van der Waals surface area contributed by atoms with Crippen molar-refractivity contribution in [3.8, 4) is 5.75 Å². The lowest BCUT2D eigenvalue weighted by Gasteiger charge is -2.14. The van der Waals surface area contributed by atoms with Crippen LogP contribution in [0.2, 0.25) is 0 Å². The molecule has 0 atom stereocenters. The second-order valence-electron chi connectivity index (χ2n) is 6.58. The van der Waals surface area contributed by atoms with Gasteiger partial charge in [-0.25, -0.2) is 5.43 Å². The van der Waals surface area contributed by atoms with Crippen LogP contribution >= 0.6 is 0 Å². The van der Waals surface area contributed by atoms with Crippen LogP contribution in [0.3, 0.4) is 0 Å². The van der Waals surface area contributed by atoms with Crippen molar-refractivity contribution in [1.29, 1.82) is 0 Å². The molecule has 0 saturated carbocycles. The van der Waals surface area contributed by atoms with Crippen LogP contribution < -0.4 is 10.2 Å². The molecule has 0 radical (unpaired) electrons. The molecule has 0 aliphatic rings. The molecule has 0 unspecified atom stereocenters. The highest BCUT2D eigenvalue weighted by Crippen LogP contribution is 2.27. The van der Waals surface area contributed by atoms with Gasteiger partial charge in [-0.05, 0) is 48.1 Å². The summed E-state index contributed by atoms with van der Waals surface area (Å²) >= 11 is 0. The number of hydrogen-bond acceptors (Lipinski definition) is 3. The molecule has 0 bridgehead atoms. The van der Waals surface area contributed by atoms with Crippen LogP contribution in [0.4, 0.5) is 0 Å². The fourth-order valence-corrected chi connectivity index (χ4v) is 2.47. The van der Waals surface area contributed by atoms with Gasteiger partial charge in [-0.2, -0.15) is 5.10 Å². The molecule has 0 saturated heterocycles. The number of aryl methyl sites for hydroxylation is 1. The Labute approximate surface area is 155 Å². The van der Waals surface area contributed by atoms with Gasteiger partial charge in [0.2, 0.25) is 0 Å². The minimum atomic E-state index is -0.287. The average molecular weight is 350 g/mol. The molecule has 4 nitrogen and oxygen atoms in total. The molecular weight excluding hydrogens is 324 g/mol. The van der Waals surface area contributed by atoms with E-state index < -0.39 is 0 Å². The van der Waals surface area contributed by atoms with E-state index >= 15 is 0 Å². The lowest BCUT2D eigenvalue weighted by molar-refractivity contribution is -0.123. The Bertz CT molecular complexity index is 793. The smallest absolute Gasteiger partial charge is 0.277 e. The van der Waals surface area contributed by atoms with Crippen molar-refractivity contribution >= 4 is 18.2 Å². The molecule has 2 rings (SSSR count). The molecule has 2 aromatic carbocycles. The third-order valence-corrected chi connectivity index (χ3v) is 3.80. The van der Waals surface area contributed by atoms with E-state index in [2.05, 4.69) is 30.4 Å². The maximum atomic E-state index is 12.0. The summed E-state index contributed by atoms with van der Waals surface area (Å²) in [6, 6.07) is 16.0. The standard InChI is InChI=1S/C22H26N2O2/c1-16(2)20-11-10-17(3)13-21(20)26-15-22(25)24-23-14-18(4)12-19-8-6-5-7-9-19/h5-14,16H,15H2,1-4H3,(H,24,25)/b18-12+,23-14+. The van der Waals surface area contributed by atoms with Gasteiger partial charge in [-0.3, -0.25) is 4.79 Å². The number of hydrogen-bond donors (Lipinski definition) is 1.